The number of aromatic amines is 1. The Morgan fingerprint density at radius 2 is 2.04 bits per heavy atom. The van der Waals surface area contributed by atoms with E-state index < -0.39 is 0 Å². The van der Waals surface area contributed by atoms with Crippen molar-refractivity contribution in [3.05, 3.63) is 35.5 Å². The van der Waals surface area contributed by atoms with Crippen LogP contribution in [0.5, 0.6) is 0 Å². The largest absolute Gasteiger partial charge is 0.352 e. The van der Waals surface area contributed by atoms with E-state index in [1.165, 1.54) is 5.56 Å². The second-order valence-electron chi connectivity index (χ2n) is 8.25. The van der Waals surface area contributed by atoms with Crippen LogP contribution in [0.2, 0.25) is 0 Å². The third kappa shape index (κ3) is 3.92. The maximum Gasteiger partial charge on any atom is 0.270 e. The third-order valence-corrected chi connectivity index (χ3v) is 5.11. The molecule has 140 valence electrons. The van der Waals surface area contributed by atoms with Crippen molar-refractivity contribution in [2.45, 2.75) is 58.4 Å². The van der Waals surface area contributed by atoms with Crippen LogP contribution in [0.4, 0.5) is 0 Å². The number of piperidine rings is 1. The number of fused-ring (bicyclic) bond motifs is 1. The fraction of sp³-hybridized carbons (Fsp3) is 0.524. The molecule has 5 nitrogen and oxygen atoms in total. The molecule has 1 unspecified atom stereocenters. The summed E-state index contributed by atoms with van der Waals surface area (Å²) in [5.74, 6) is 0.0542. The highest BCUT2D eigenvalue weighted by molar-refractivity contribution is 5.98. The number of nitrogens with zero attached hydrogens (tertiary/aromatic N) is 1. The zero-order chi connectivity index (χ0) is 18.9. The number of carbonyl (C=O) groups is 2. The van der Waals surface area contributed by atoms with E-state index in [0.717, 1.165) is 30.3 Å². The van der Waals surface area contributed by atoms with Crippen LogP contribution < -0.4 is 5.32 Å². The lowest BCUT2D eigenvalue weighted by molar-refractivity contribution is -0.121. The Bertz CT molecular complexity index is 816. The first-order chi connectivity index (χ1) is 12.3. The molecule has 2 aromatic rings. The Morgan fingerprint density at radius 3 is 2.73 bits per heavy atom. The zero-order valence-electron chi connectivity index (χ0n) is 16.2. The maximum absolute atomic E-state index is 12.9. The SMILES string of the molecule is CCC(=O)NC1CCCN(C(=O)c2cc3ccc(C(C)(C)C)cc3[nH]2)C1. The molecule has 1 aromatic carbocycles. The summed E-state index contributed by atoms with van der Waals surface area (Å²) >= 11 is 0. The minimum Gasteiger partial charge on any atom is -0.352 e. The maximum atomic E-state index is 12.9. The lowest BCUT2D eigenvalue weighted by Gasteiger charge is -2.32. The topological polar surface area (TPSA) is 65.2 Å². The van der Waals surface area contributed by atoms with Gasteiger partial charge in [-0.15, -0.1) is 0 Å². The minimum absolute atomic E-state index is 0.00829. The van der Waals surface area contributed by atoms with Crippen molar-refractivity contribution in [1.29, 1.82) is 0 Å². The van der Waals surface area contributed by atoms with Gasteiger partial charge in [0.1, 0.15) is 5.69 Å². The van der Waals surface area contributed by atoms with Gasteiger partial charge in [0.15, 0.2) is 0 Å². The van der Waals surface area contributed by atoms with E-state index in [2.05, 4.69) is 49.3 Å². The van der Waals surface area contributed by atoms with Gasteiger partial charge >= 0.3 is 0 Å². The summed E-state index contributed by atoms with van der Waals surface area (Å²) in [6.07, 6.45) is 2.31. The Balaban J connectivity index is 1.77. The fourth-order valence-corrected chi connectivity index (χ4v) is 3.49. The van der Waals surface area contributed by atoms with Crippen molar-refractivity contribution in [3.8, 4) is 0 Å². The van der Waals surface area contributed by atoms with Crippen molar-refractivity contribution in [1.82, 2.24) is 15.2 Å². The number of benzene rings is 1. The van der Waals surface area contributed by atoms with Gasteiger partial charge in [0, 0.05) is 36.5 Å². The van der Waals surface area contributed by atoms with E-state index in [1.54, 1.807) is 0 Å². The standard InChI is InChI=1S/C21H29N3O2/c1-5-19(25)22-16-7-6-10-24(13-16)20(26)18-11-14-8-9-15(21(2,3)4)12-17(14)23-18/h8-9,11-12,16,23H,5-7,10,13H2,1-4H3,(H,22,25). The number of hydrogen-bond donors (Lipinski definition) is 2. The summed E-state index contributed by atoms with van der Waals surface area (Å²) in [7, 11) is 0. The molecular weight excluding hydrogens is 326 g/mol. The van der Waals surface area contributed by atoms with Crippen LogP contribution in [-0.4, -0.2) is 40.8 Å². The first kappa shape index (κ1) is 18.5. The molecule has 1 saturated heterocycles. The summed E-state index contributed by atoms with van der Waals surface area (Å²) < 4.78 is 0. The van der Waals surface area contributed by atoms with E-state index in [4.69, 9.17) is 0 Å². The van der Waals surface area contributed by atoms with Gasteiger partial charge < -0.3 is 15.2 Å². The average Bonchev–Trinajstić information content (AvgIpc) is 3.03. The van der Waals surface area contributed by atoms with Gasteiger partial charge in [0.25, 0.3) is 5.91 Å². The molecule has 0 spiro atoms. The lowest BCUT2D eigenvalue weighted by Crippen LogP contribution is -2.49. The van der Waals surface area contributed by atoms with Gasteiger partial charge in [-0.1, -0.05) is 39.8 Å². The summed E-state index contributed by atoms with van der Waals surface area (Å²) in [5, 5.41) is 4.06. The Hall–Kier alpha value is -2.30. The quantitative estimate of drug-likeness (QED) is 0.883. The van der Waals surface area contributed by atoms with Crippen molar-refractivity contribution in [3.63, 3.8) is 0 Å². The van der Waals surface area contributed by atoms with Crippen LogP contribution in [-0.2, 0) is 10.2 Å². The molecule has 1 fully saturated rings. The van der Waals surface area contributed by atoms with Crippen LogP contribution >= 0.6 is 0 Å². The van der Waals surface area contributed by atoms with Crippen LogP contribution in [0.1, 0.15) is 63.0 Å². The van der Waals surface area contributed by atoms with Crippen LogP contribution in [0.3, 0.4) is 0 Å². The molecule has 3 rings (SSSR count). The smallest absolute Gasteiger partial charge is 0.270 e. The molecule has 0 radical (unpaired) electrons. The highest BCUT2D eigenvalue weighted by atomic mass is 16.2. The molecule has 5 heteroatoms. The molecule has 2 heterocycles. The van der Waals surface area contributed by atoms with E-state index in [1.807, 2.05) is 17.9 Å². The van der Waals surface area contributed by atoms with Gasteiger partial charge in [-0.3, -0.25) is 9.59 Å². The first-order valence-electron chi connectivity index (χ1n) is 9.50. The van der Waals surface area contributed by atoms with Crippen molar-refractivity contribution >= 4 is 22.7 Å². The molecule has 0 bridgehead atoms. The predicted octanol–water partition coefficient (Wildman–Crippen LogP) is 3.60. The molecule has 0 aliphatic carbocycles. The van der Waals surface area contributed by atoms with E-state index in [0.29, 0.717) is 18.7 Å². The van der Waals surface area contributed by atoms with Crippen molar-refractivity contribution in [2.24, 2.45) is 0 Å². The summed E-state index contributed by atoms with van der Waals surface area (Å²) in [4.78, 5) is 29.7. The van der Waals surface area contributed by atoms with Gasteiger partial charge in [0.2, 0.25) is 5.91 Å². The molecule has 1 aromatic heterocycles. The molecular formula is C21H29N3O2. The van der Waals surface area contributed by atoms with Crippen LogP contribution in [0.25, 0.3) is 10.9 Å². The summed E-state index contributed by atoms with van der Waals surface area (Å²) in [6, 6.07) is 8.31. The van der Waals surface area contributed by atoms with Crippen LogP contribution in [0.15, 0.2) is 24.3 Å². The number of carbonyl (C=O) groups excluding carboxylic acids is 2. The number of aromatic nitrogens is 1. The summed E-state index contributed by atoms with van der Waals surface area (Å²) in [6.45, 7) is 9.70. The number of amides is 2. The number of rotatable bonds is 3. The second-order valence-corrected chi connectivity index (χ2v) is 8.25. The average molecular weight is 355 g/mol. The molecule has 1 atom stereocenters. The van der Waals surface area contributed by atoms with E-state index in [9.17, 15) is 9.59 Å². The molecule has 1 aliphatic rings. The molecule has 1 aliphatic heterocycles. The summed E-state index contributed by atoms with van der Waals surface area (Å²) in [5.41, 5.74) is 2.93. The number of likely N-dealkylation sites (tertiary alicyclic amines) is 1. The first-order valence-corrected chi connectivity index (χ1v) is 9.50. The Kier molecular flexibility index (Phi) is 5.08. The Labute approximate surface area is 155 Å². The molecule has 0 saturated carbocycles. The van der Waals surface area contributed by atoms with Gasteiger partial charge in [-0.05, 0) is 36.0 Å². The monoisotopic (exact) mass is 355 g/mol. The normalized spacial score (nSPS) is 18.2. The van der Waals surface area contributed by atoms with E-state index in [-0.39, 0.29) is 23.3 Å². The minimum atomic E-state index is 0.00829. The third-order valence-electron chi connectivity index (χ3n) is 5.11. The van der Waals surface area contributed by atoms with Gasteiger partial charge in [-0.25, -0.2) is 0 Å². The second kappa shape index (κ2) is 7.14. The Morgan fingerprint density at radius 1 is 1.27 bits per heavy atom. The number of H-pyrrole nitrogens is 1. The van der Waals surface area contributed by atoms with Crippen molar-refractivity contribution < 1.29 is 9.59 Å². The fourth-order valence-electron chi connectivity index (χ4n) is 3.49. The predicted molar refractivity (Wildman–Crippen MR) is 104 cm³/mol. The van der Waals surface area contributed by atoms with Crippen molar-refractivity contribution in [2.75, 3.05) is 13.1 Å². The van der Waals surface area contributed by atoms with Gasteiger partial charge in [-0.2, -0.15) is 0 Å². The highest BCUT2D eigenvalue weighted by Crippen LogP contribution is 2.27. The van der Waals surface area contributed by atoms with Gasteiger partial charge in [0.05, 0.1) is 0 Å². The number of nitrogens with one attached hydrogen (secondary N) is 2. The van der Waals surface area contributed by atoms with Crippen LogP contribution in [0, 0.1) is 0 Å². The lowest BCUT2D eigenvalue weighted by atomic mass is 9.87. The van der Waals surface area contributed by atoms with E-state index >= 15 is 0 Å². The number of hydrogen-bond acceptors (Lipinski definition) is 2. The molecule has 2 amide bonds. The molecule has 2 N–H and O–H groups in total. The zero-order valence-corrected chi connectivity index (χ0v) is 16.2. The molecule has 26 heavy (non-hydrogen) atoms. The highest BCUT2D eigenvalue weighted by Gasteiger charge is 2.26.